The van der Waals surface area contributed by atoms with Gasteiger partial charge in [0.05, 0.1) is 23.7 Å². The summed E-state index contributed by atoms with van der Waals surface area (Å²) in [5.74, 6) is 0. The van der Waals surface area contributed by atoms with Gasteiger partial charge in [-0.1, -0.05) is 236 Å². The van der Waals surface area contributed by atoms with Crippen molar-refractivity contribution < 1.29 is 16.8 Å². The molecule has 0 amide bonds. The maximum Gasteiger partial charge on any atom is 0.254 e. The van der Waals surface area contributed by atoms with Gasteiger partial charge in [0.2, 0.25) is 0 Å². The van der Waals surface area contributed by atoms with Crippen LogP contribution in [0.5, 0.6) is 0 Å². The Hall–Kier alpha value is -9.88. The number of furan rings is 1. The first-order chi connectivity index (χ1) is 45.7. The third kappa shape index (κ3) is 8.25. The lowest BCUT2D eigenvalue weighted by molar-refractivity contribution is 0.590. The Morgan fingerprint density at radius 3 is 1.72 bits per heavy atom. The minimum Gasteiger partial charge on any atom is -0.454 e. The number of anilines is 9. The van der Waals surface area contributed by atoms with Crippen LogP contribution in [-0.4, -0.2) is 6.71 Å². The summed E-state index contributed by atoms with van der Waals surface area (Å²) < 4.78 is 94.4. The molecule has 412 valence electrons. The average molecular weight is 1130 g/mol. The van der Waals surface area contributed by atoms with Crippen molar-refractivity contribution in [3.63, 3.8) is 0 Å². The lowest BCUT2D eigenvalue weighted by Crippen LogP contribution is -2.61. The van der Waals surface area contributed by atoms with Crippen molar-refractivity contribution in [2.45, 2.75) is 52.4 Å². The zero-order valence-electron chi connectivity index (χ0n) is 57.4. The number of benzene rings is 12. The maximum atomic E-state index is 10.1. The van der Waals surface area contributed by atoms with E-state index in [1.165, 1.54) is 6.07 Å². The Bertz CT molecular complexity index is 5440. The lowest BCUT2D eigenvalue weighted by atomic mass is 9.33. The zero-order valence-corrected chi connectivity index (χ0v) is 49.3. The van der Waals surface area contributed by atoms with Gasteiger partial charge < -0.3 is 19.1 Å². The third-order valence-corrected chi connectivity index (χ3v) is 18.6. The molecule has 4 heterocycles. The van der Waals surface area contributed by atoms with Crippen LogP contribution >= 0.6 is 11.3 Å². The molecule has 14 aromatic rings. The molecule has 12 aromatic carbocycles. The highest BCUT2D eigenvalue weighted by Gasteiger charge is 2.48. The van der Waals surface area contributed by atoms with Gasteiger partial charge >= 0.3 is 0 Å². The minimum absolute atomic E-state index is 0.0248. The molecule has 0 bridgehead atoms. The molecule has 86 heavy (non-hydrogen) atoms. The van der Waals surface area contributed by atoms with Crippen molar-refractivity contribution in [2.24, 2.45) is 0 Å². The Morgan fingerprint density at radius 2 is 1.03 bits per heavy atom. The van der Waals surface area contributed by atoms with Crippen LogP contribution in [0.1, 0.15) is 65.0 Å². The summed E-state index contributed by atoms with van der Waals surface area (Å²) in [5.41, 5.74) is 16.0. The molecule has 0 spiro atoms. The fraction of sp³-hybridized carbons (Fsp3) is 0.100. The number of hydrogen-bond donors (Lipinski definition) is 0. The van der Waals surface area contributed by atoms with E-state index in [1.54, 1.807) is 11.3 Å². The molecule has 0 fully saturated rings. The quantitative estimate of drug-likeness (QED) is 0.141. The van der Waals surface area contributed by atoms with E-state index in [1.807, 2.05) is 76.5 Å². The summed E-state index contributed by atoms with van der Waals surface area (Å²) in [6, 6.07) is 69.4. The molecule has 2 aliphatic rings. The van der Waals surface area contributed by atoms with Gasteiger partial charge in [-0.2, -0.15) is 0 Å². The second-order valence-corrected chi connectivity index (χ2v) is 25.6. The van der Waals surface area contributed by atoms with Gasteiger partial charge in [-0.25, -0.2) is 0 Å². The first kappa shape index (κ1) is 42.9. The van der Waals surface area contributed by atoms with Gasteiger partial charge in [-0.15, -0.1) is 11.3 Å². The molecular formula is C80H62BN3OS. The van der Waals surface area contributed by atoms with E-state index in [2.05, 4.69) is 186 Å². The molecule has 0 saturated heterocycles. The monoisotopic (exact) mass is 1130 g/mol. The van der Waals surface area contributed by atoms with Crippen molar-refractivity contribution in [1.29, 1.82) is 0 Å². The molecule has 0 saturated carbocycles. The topological polar surface area (TPSA) is 22.9 Å². The normalized spacial score (nSPS) is 14.4. The van der Waals surface area contributed by atoms with E-state index in [4.69, 9.17) is 8.53 Å². The number of rotatable bonds is 8. The molecule has 0 atom stereocenters. The van der Waals surface area contributed by atoms with Crippen molar-refractivity contribution in [3.05, 3.63) is 278 Å². The molecule has 2 aliphatic heterocycles. The summed E-state index contributed by atoms with van der Waals surface area (Å²) in [5, 5.41) is 3.73. The highest BCUT2D eigenvalue weighted by molar-refractivity contribution is 7.28. The smallest absolute Gasteiger partial charge is 0.254 e. The summed E-state index contributed by atoms with van der Waals surface area (Å²) in [4.78, 5) is 6.23. The third-order valence-electron chi connectivity index (χ3n) is 17.4. The summed E-state index contributed by atoms with van der Waals surface area (Å²) in [7, 11) is 0. The van der Waals surface area contributed by atoms with Crippen LogP contribution < -0.4 is 31.1 Å². The predicted molar refractivity (Wildman–Crippen MR) is 369 cm³/mol. The van der Waals surface area contributed by atoms with Crippen LogP contribution in [0.15, 0.2) is 271 Å². The number of para-hydroxylation sites is 4. The largest absolute Gasteiger partial charge is 0.454 e. The maximum absolute atomic E-state index is 10.1. The Morgan fingerprint density at radius 1 is 0.442 bits per heavy atom. The van der Waals surface area contributed by atoms with E-state index < -0.39 is 24.8 Å². The summed E-state index contributed by atoms with van der Waals surface area (Å²) in [6.07, 6.45) is 0. The summed E-state index contributed by atoms with van der Waals surface area (Å²) in [6.45, 7) is 12.4. The number of fused-ring (bicyclic) bond motifs is 13. The Labute approximate surface area is 520 Å². The Balaban J connectivity index is 1.13. The molecule has 4 nitrogen and oxygen atoms in total. The van der Waals surface area contributed by atoms with Crippen molar-refractivity contribution in [3.8, 4) is 33.4 Å². The second kappa shape index (κ2) is 19.9. The Kier molecular flexibility index (Phi) is 9.90. The lowest BCUT2D eigenvalue weighted by Gasteiger charge is -2.45. The predicted octanol–water partition coefficient (Wildman–Crippen LogP) is 21.1. The van der Waals surface area contributed by atoms with Gasteiger partial charge in [0, 0.05) is 81.9 Å². The first-order valence-corrected chi connectivity index (χ1v) is 30.1. The van der Waals surface area contributed by atoms with Crippen LogP contribution in [0.25, 0.3) is 75.5 Å². The molecule has 0 unspecified atom stereocenters. The summed E-state index contributed by atoms with van der Waals surface area (Å²) >= 11 is 1.67. The van der Waals surface area contributed by atoms with Gasteiger partial charge in [0.15, 0.2) is 5.58 Å². The highest BCUT2D eigenvalue weighted by Crippen LogP contribution is 2.55. The second-order valence-electron chi connectivity index (χ2n) is 24.6. The van der Waals surface area contributed by atoms with Crippen LogP contribution in [0.3, 0.4) is 0 Å². The SMILES string of the molecule is [2H]c1cc(N(c2ccc(C(C)(C)C)cc2)c2ccc3c(c2)N(c2c(-c4ccccc4)cccc2-c2ccccc2)c2cc(-c4ccc(C(C)(C)C)cc4)cc4c2B3c2c(c3oc5ccccc5c3c3c2sc2ccccc23)N4c2c([2H])c([2H])c([2H])c([2H])c2[2H])c([2H])c([2H])c1[2H]. The van der Waals surface area contributed by atoms with E-state index in [9.17, 15) is 8.22 Å². The fourth-order valence-corrected chi connectivity index (χ4v) is 14.6. The van der Waals surface area contributed by atoms with E-state index >= 15 is 0 Å². The first-order valence-electron chi connectivity index (χ1n) is 33.8. The fourth-order valence-electron chi connectivity index (χ4n) is 13.3. The van der Waals surface area contributed by atoms with Crippen molar-refractivity contribution in [2.75, 3.05) is 14.7 Å². The molecule has 2 aromatic heterocycles. The van der Waals surface area contributed by atoms with E-state index in [0.29, 0.717) is 33.9 Å². The highest BCUT2D eigenvalue weighted by atomic mass is 32.1. The molecule has 16 rings (SSSR count). The molecule has 0 N–H and O–H groups in total. The van der Waals surface area contributed by atoms with Crippen LogP contribution in [-0.2, 0) is 10.8 Å². The zero-order chi connectivity index (χ0) is 65.8. The van der Waals surface area contributed by atoms with Crippen molar-refractivity contribution >= 4 is 128 Å². The molecule has 6 heteroatoms. The van der Waals surface area contributed by atoms with E-state index in [-0.39, 0.29) is 58.5 Å². The van der Waals surface area contributed by atoms with Crippen LogP contribution in [0.2, 0.25) is 0 Å². The van der Waals surface area contributed by atoms with Gasteiger partial charge in [-0.3, -0.25) is 0 Å². The minimum atomic E-state index is -0.653. The number of hydrogen-bond acceptors (Lipinski definition) is 5. The molecule has 0 aliphatic carbocycles. The average Bonchev–Trinajstić information content (AvgIpc) is 1.66. The standard InChI is InChI=1S/C80H62BN3OS/c1-79(2,3)55-40-38-51(39-41-55)54-48-67-73-68(49-54)84(75-61(52-24-11-7-12-25-52)34-23-35-62(75)53-26-13-8-14-27-53)66-50-60(82(57-28-15-9-16-29-57)59-44-42-56(43-45-59)80(4,5)6)46-47-65(66)81(73)74-76(83(67)58-30-17-10-18-31-58)77-71(63-32-19-21-36-69(63)85-77)72-64-33-20-22-37-70(64)86-78(72)74/h7-50H,1-6H3/i9D,10D,15D,16D,17D,18D,28D,30D,31D. The number of thiophene rings is 1. The van der Waals surface area contributed by atoms with Gasteiger partial charge in [-0.05, 0) is 133 Å². The van der Waals surface area contributed by atoms with Gasteiger partial charge in [0.25, 0.3) is 6.71 Å². The molecule has 0 radical (unpaired) electrons. The van der Waals surface area contributed by atoms with Crippen molar-refractivity contribution in [1.82, 2.24) is 0 Å². The van der Waals surface area contributed by atoms with Crippen LogP contribution in [0, 0.1) is 0 Å². The molecular weight excluding hydrogens is 1060 g/mol. The van der Waals surface area contributed by atoms with Crippen LogP contribution in [0.4, 0.5) is 51.2 Å². The van der Waals surface area contributed by atoms with E-state index in [0.717, 1.165) is 109 Å². The number of nitrogens with zero attached hydrogens (tertiary/aromatic N) is 3. The van der Waals surface area contributed by atoms with Gasteiger partial charge in [0.1, 0.15) is 5.58 Å².